The summed E-state index contributed by atoms with van der Waals surface area (Å²) in [4.78, 5) is 25.3. The number of amides is 2. The zero-order valence-electron chi connectivity index (χ0n) is 12.8. The molecule has 0 spiro atoms. The van der Waals surface area contributed by atoms with Crippen molar-refractivity contribution in [3.63, 3.8) is 0 Å². The van der Waals surface area contributed by atoms with Crippen molar-refractivity contribution in [2.24, 2.45) is 0 Å². The molecule has 1 aromatic rings. The monoisotopic (exact) mass is 310 g/mol. The van der Waals surface area contributed by atoms with Crippen LogP contribution in [0, 0.1) is 11.6 Å². The van der Waals surface area contributed by atoms with Crippen LogP contribution in [0.3, 0.4) is 0 Å². The predicted molar refractivity (Wildman–Crippen MR) is 80.4 cm³/mol. The molecule has 120 valence electrons. The molecule has 4 nitrogen and oxygen atoms in total. The Morgan fingerprint density at radius 1 is 1.32 bits per heavy atom. The zero-order valence-corrected chi connectivity index (χ0v) is 12.8. The third-order valence-corrected chi connectivity index (χ3v) is 3.00. The fourth-order valence-corrected chi connectivity index (χ4v) is 1.91. The molecule has 0 atom stereocenters. The molecule has 1 N–H and O–H groups in total. The van der Waals surface area contributed by atoms with Crippen LogP contribution < -0.4 is 5.32 Å². The van der Waals surface area contributed by atoms with Crippen molar-refractivity contribution in [3.8, 4) is 0 Å². The first-order valence-corrected chi connectivity index (χ1v) is 7.00. The third kappa shape index (κ3) is 5.27. The summed E-state index contributed by atoms with van der Waals surface area (Å²) in [7, 11) is 0. The van der Waals surface area contributed by atoms with Gasteiger partial charge in [-0.3, -0.25) is 9.59 Å². The van der Waals surface area contributed by atoms with Crippen LogP contribution in [0.2, 0.25) is 0 Å². The highest BCUT2D eigenvalue weighted by Crippen LogP contribution is 2.09. The van der Waals surface area contributed by atoms with Crippen LogP contribution >= 0.6 is 0 Å². The van der Waals surface area contributed by atoms with Gasteiger partial charge in [-0.1, -0.05) is 12.2 Å². The van der Waals surface area contributed by atoms with Crippen molar-refractivity contribution in [1.82, 2.24) is 10.2 Å². The molecule has 0 saturated carbocycles. The van der Waals surface area contributed by atoms with Gasteiger partial charge in [-0.15, -0.1) is 0 Å². The van der Waals surface area contributed by atoms with E-state index in [1.807, 2.05) is 13.8 Å². The molecular formula is C16H20F2N2O2. The molecule has 0 unspecified atom stereocenters. The average molecular weight is 310 g/mol. The Morgan fingerprint density at radius 3 is 2.55 bits per heavy atom. The number of hydrogen-bond acceptors (Lipinski definition) is 2. The molecule has 22 heavy (non-hydrogen) atoms. The second-order valence-electron chi connectivity index (χ2n) is 5.00. The summed E-state index contributed by atoms with van der Waals surface area (Å²) >= 11 is 0. The fourth-order valence-electron chi connectivity index (χ4n) is 1.91. The Balaban J connectivity index is 2.51. The maximum absolute atomic E-state index is 13.4. The summed E-state index contributed by atoms with van der Waals surface area (Å²) in [5, 5.41) is 2.45. The summed E-state index contributed by atoms with van der Waals surface area (Å²) in [5.74, 6) is -2.47. The van der Waals surface area contributed by atoms with Crippen LogP contribution in [0.15, 0.2) is 30.4 Å². The lowest BCUT2D eigenvalue weighted by molar-refractivity contribution is -0.130. The lowest BCUT2D eigenvalue weighted by Crippen LogP contribution is -2.35. The summed E-state index contributed by atoms with van der Waals surface area (Å²) < 4.78 is 26.2. The van der Waals surface area contributed by atoms with Gasteiger partial charge in [0.05, 0.1) is 5.56 Å². The number of nitrogens with one attached hydrogen (secondary N) is 1. The Labute approximate surface area is 128 Å². The van der Waals surface area contributed by atoms with Gasteiger partial charge in [0.1, 0.15) is 11.6 Å². The Morgan fingerprint density at radius 2 is 2.00 bits per heavy atom. The van der Waals surface area contributed by atoms with Crippen molar-refractivity contribution >= 4 is 11.8 Å². The maximum atomic E-state index is 13.4. The second kappa shape index (κ2) is 8.26. The van der Waals surface area contributed by atoms with E-state index in [-0.39, 0.29) is 24.4 Å². The minimum absolute atomic E-state index is 0.0845. The van der Waals surface area contributed by atoms with Gasteiger partial charge in [0.15, 0.2) is 0 Å². The topological polar surface area (TPSA) is 49.4 Å². The molecule has 1 aromatic carbocycles. The van der Waals surface area contributed by atoms with E-state index >= 15 is 0 Å². The average Bonchev–Trinajstić information content (AvgIpc) is 2.44. The Bertz CT molecular complexity index is 573. The highest BCUT2D eigenvalue weighted by atomic mass is 19.1. The standard InChI is InChI=1S/C16H20F2N2O2/c1-4-20(10-11(2)3)15(21)7-8-19-16(22)13-6-5-12(17)9-14(13)18/h5-6,9H,2,4,7-8,10H2,1,3H3,(H,19,22). The molecule has 1 rings (SSSR count). The Hall–Kier alpha value is -2.24. The van der Waals surface area contributed by atoms with Gasteiger partial charge in [0, 0.05) is 32.1 Å². The van der Waals surface area contributed by atoms with Gasteiger partial charge in [-0.25, -0.2) is 8.78 Å². The number of hydrogen-bond donors (Lipinski definition) is 1. The van der Waals surface area contributed by atoms with Crippen LogP contribution in [0.25, 0.3) is 0 Å². The second-order valence-corrected chi connectivity index (χ2v) is 5.00. The van der Waals surface area contributed by atoms with E-state index in [2.05, 4.69) is 11.9 Å². The SMILES string of the molecule is C=C(C)CN(CC)C(=O)CCNC(=O)c1ccc(F)cc1F. The minimum Gasteiger partial charge on any atom is -0.351 e. The predicted octanol–water partition coefficient (Wildman–Crippen LogP) is 2.51. The van der Waals surface area contributed by atoms with Gasteiger partial charge < -0.3 is 10.2 Å². The summed E-state index contributed by atoms with van der Waals surface area (Å²) in [6.07, 6.45) is 0.107. The van der Waals surface area contributed by atoms with Gasteiger partial charge in [-0.05, 0) is 26.0 Å². The Kier molecular flexibility index (Phi) is 6.69. The molecule has 0 aromatic heterocycles. The van der Waals surface area contributed by atoms with Gasteiger partial charge in [0.25, 0.3) is 5.91 Å². The van der Waals surface area contributed by atoms with E-state index < -0.39 is 17.5 Å². The normalized spacial score (nSPS) is 10.2. The fraction of sp³-hybridized carbons (Fsp3) is 0.375. The molecule has 0 bridgehead atoms. The van der Waals surface area contributed by atoms with Crippen molar-refractivity contribution in [3.05, 3.63) is 47.5 Å². The summed E-state index contributed by atoms with van der Waals surface area (Å²) in [6, 6.07) is 2.72. The van der Waals surface area contributed by atoms with Gasteiger partial charge in [-0.2, -0.15) is 0 Å². The number of carbonyl (C=O) groups is 2. The number of halogens is 2. The highest BCUT2D eigenvalue weighted by molar-refractivity contribution is 5.94. The molecule has 0 aliphatic carbocycles. The lowest BCUT2D eigenvalue weighted by Gasteiger charge is -2.21. The van der Waals surface area contributed by atoms with Crippen LogP contribution in [-0.4, -0.2) is 36.3 Å². The molecule has 0 heterocycles. The summed E-state index contributed by atoms with van der Waals surface area (Å²) in [6.45, 7) is 8.54. The molecular weight excluding hydrogens is 290 g/mol. The van der Waals surface area contributed by atoms with E-state index in [1.165, 1.54) is 0 Å². The lowest BCUT2D eigenvalue weighted by atomic mass is 10.2. The smallest absolute Gasteiger partial charge is 0.254 e. The molecule has 2 amide bonds. The molecule has 0 aliphatic heterocycles. The molecule has 0 aliphatic rings. The maximum Gasteiger partial charge on any atom is 0.254 e. The van der Waals surface area contributed by atoms with Crippen molar-refractivity contribution in [2.75, 3.05) is 19.6 Å². The highest BCUT2D eigenvalue weighted by Gasteiger charge is 2.14. The van der Waals surface area contributed by atoms with E-state index in [1.54, 1.807) is 4.90 Å². The van der Waals surface area contributed by atoms with E-state index in [0.717, 1.165) is 17.7 Å². The van der Waals surface area contributed by atoms with Crippen LogP contribution in [0.5, 0.6) is 0 Å². The van der Waals surface area contributed by atoms with E-state index in [0.29, 0.717) is 19.2 Å². The first-order chi connectivity index (χ1) is 10.3. The first kappa shape index (κ1) is 17.8. The molecule has 0 saturated heterocycles. The van der Waals surface area contributed by atoms with E-state index in [4.69, 9.17) is 0 Å². The number of benzene rings is 1. The largest absolute Gasteiger partial charge is 0.351 e. The third-order valence-electron chi connectivity index (χ3n) is 3.00. The number of carbonyl (C=O) groups excluding carboxylic acids is 2. The van der Waals surface area contributed by atoms with Crippen molar-refractivity contribution < 1.29 is 18.4 Å². The van der Waals surface area contributed by atoms with Crippen LogP contribution in [0.1, 0.15) is 30.6 Å². The van der Waals surface area contributed by atoms with Crippen molar-refractivity contribution in [2.45, 2.75) is 20.3 Å². The quantitative estimate of drug-likeness (QED) is 0.787. The van der Waals surface area contributed by atoms with Gasteiger partial charge in [0.2, 0.25) is 5.91 Å². The van der Waals surface area contributed by atoms with Crippen molar-refractivity contribution in [1.29, 1.82) is 0 Å². The summed E-state index contributed by atoms with van der Waals surface area (Å²) in [5.41, 5.74) is 0.621. The first-order valence-electron chi connectivity index (χ1n) is 7.00. The zero-order chi connectivity index (χ0) is 16.7. The number of likely N-dealkylation sites (N-methyl/N-ethyl adjacent to an activating group) is 1. The van der Waals surface area contributed by atoms with E-state index in [9.17, 15) is 18.4 Å². The molecule has 6 heteroatoms. The number of nitrogens with zero attached hydrogens (tertiary/aromatic N) is 1. The molecule has 0 radical (unpaired) electrons. The van der Waals surface area contributed by atoms with Crippen LogP contribution in [-0.2, 0) is 4.79 Å². The number of rotatable bonds is 7. The van der Waals surface area contributed by atoms with Gasteiger partial charge >= 0.3 is 0 Å². The van der Waals surface area contributed by atoms with Crippen LogP contribution in [0.4, 0.5) is 8.78 Å². The minimum atomic E-state index is -0.929. The molecule has 0 fully saturated rings.